The van der Waals surface area contributed by atoms with Crippen LogP contribution >= 0.6 is 0 Å². The summed E-state index contributed by atoms with van der Waals surface area (Å²) in [7, 11) is 1.33. The molecule has 0 heterocycles. The van der Waals surface area contributed by atoms with E-state index >= 15 is 0 Å². The molecule has 0 spiro atoms. The van der Waals surface area contributed by atoms with Crippen LogP contribution in [0.15, 0.2) is 0 Å². The number of esters is 1. The van der Waals surface area contributed by atoms with E-state index in [4.69, 9.17) is 0 Å². The second-order valence-corrected chi connectivity index (χ2v) is 4.42. The summed E-state index contributed by atoms with van der Waals surface area (Å²) >= 11 is 0. The van der Waals surface area contributed by atoms with Gasteiger partial charge in [0.2, 0.25) is 0 Å². The van der Waals surface area contributed by atoms with Crippen LogP contribution in [-0.2, 0) is 14.3 Å². The van der Waals surface area contributed by atoms with Gasteiger partial charge in [-0.25, -0.2) is 0 Å². The molecule has 0 radical (unpaired) electrons. The van der Waals surface area contributed by atoms with Gasteiger partial charge in [0.1, 0.15) is 11.2 Å². The number of ketones is 1. The van der Waals surface area contributed by atoms with Gasteiger partial charge in [0.15, 0.2) is 0 Å². The van der Waals surface area contributed by atoms with Crippen molar-refractivity contribution < 1.29 is 14.3 Å². The van der Waals surface area contributed by atoms with E-state index in [0.717, 1.165) is 6.42 Å². The molecule has 0 aromatic carbocycles. The molecule has 0 aromatic rings. The van der Waals surface area contributed by atoms with Gasteiger partial charge in [-0.05, 0) is 18.8 Å². The van der Waals surface area contributed by atoms with Crippen molar-refractivity contribution in [1.82, 2.24) is 0 Å². The van der Waals surface area contributed by atoms with Gasteiger partial charge >= 0.3 is 5.97 Å². The maximum absolute atomic E-state index is 11.6. The molecule has 1 atom stereocenters. The fourth-order valence-corrected chi connectivity index (χ4v) is 1.90. The van der Waals surface area contributed by atoms with Crippen LogP contribution in [0.2, 0.25) is 0 Å². The summed E-state index contributed by atoms with van der Waals surface area (Å²) in [4.78, 5) is 23.1. The third-order valence-corrected chi connectivity index (χ3v) is 3.48. The number of hydrogen-bond donors (Lipinski definition) is 0. The second-order valence-electron chi connectivity index (χ2n) is 4.42. The molecule has 1 saturated carbocycles. The lowest BCUT2D eigenvalue weighted by molar-refractivity contribution is -0.161. The van der Waals surface area contributed by atoms with Crippen molar-refractivity contribution in [3.05, 3.63) is 0 Å². The van der Waals surface area contributed by atoms with Crippen molar-refractivity contribution >= 4 is 11.8 Å². The van der Waals surface area contributed by atoms with Gasteiger partial charge in [-0.1, -0.05) is 13.8 Å². The first-order valence-corrected chi connectivity index (χ1v) is 4.48. The van der Waals surface area contributed by atoms with Gasteiger partial charge in [0.05, 0.1) is 7.11 Å². The third-order valence-electron chi connectivity index (χ3n) is 3.48. The topological polar surface area (TPSA) is 43.4 Å². The van der Waals surface area contributed by atoms with E-state index in [1.165, 1.54) is 7.11 Å². The first-order chi connectivity index (χ1) is 5.86. The molecule has 1 unspecified atom stereocenters. The molecule has 1 fully saturated rings. The maximum atomic E-state index is 11.6. The minimum absolute atomic E-state index is 0.00403. The van der Waals surface area contributed by atoms with Gasteiger partial charge in [-0.15, -0.1) is 0 Å². The summed E-state index contributed by atoms with van der Waals surface area (Å²) in [6.45, 7) is 5.57. The molecule has 3 nitrogen and oxygen atoms in total. The van der Waals surface area contributed by atoms with E-state index in [-0.39, 0.29) is 11.2 Å². The van der Waals surface area contributed by atoms with Crippen molar-refractivity contribution in [2.24, 2.45) is 10.8 Å². The van der Waals surface area contributed by atoms with E-state index in [1.54, 1.807) is 6.92 Å². The highest BCUT2D eigenvalue weighted by atomic mass is 16.5. The second kappa shape index (κ2) is 2.82. The molecule has 1 aliphatic rings. The molecule has 0 aromatic heterocycles. The van der Waals surface area contributed by atoms with Crippen LogP contribution in [0.3, 0.4) is 0 Å². The van der Waals surface area contributed by atoms with E-state index in [1.807, 2.05) is 13.8 Å². The van der Waals surface area contributed by atoms with Crippen molar-refractivity contribution in [3.63, 3.8) is 0 Å². The molecule has 74 valence electrons. The van der Waals surface area contributed by atoms with E-state index in [9.17, 15) is 9.59 Å². The summed E-state index contributed by atoms with van der Waals surface area (Å²) in [5, 5.41) is 0. The van der Waals surface area contributed by atoms with Gasteiger partial charge in [0, 0.05) is 6.42 Å². The van der Waals surface area contributed by atoms with Gasteiger partial charge in [-0.2, -0.15) is 0 Å². The molecule has 1 aliphatic carbocycles. The van der Waals surface area contributed by atoms with E-state index in [0.29, 0.717) is 6.42 Å². The summed E-state index contributed by atoms with van der Waals surface area (Å²) in [5.74, 6) is -0.399. The average molecular weight is 184 g/mol. The molecule has 0 aliphatic heterocycles. The number of methoxy groups -OCH3 is 1. The number of rotatable bonds is 1. The minimum Gasteiger partial charge on any atom is -0.468 e. The number of ether oxygens (including phenoxy) is 1. The third kappa shape index (κ3) is 1.18. The molecule has 0 saturated heterocycles. The Bertz CT molecular complexity index is 255. The fourth-order valence-electron chi connectivity index (χ4n) is 1.90. The normalized spacial score (nSPS) is 31.8. The van der Waals surface area contributed by atoms with Gasteiger partial charge in [0.25, 0.3) is 0 Å². The Morgan fingerprint density at radius 3 is 2.23 bits per heavy atom. The number of Topliss-reactive ketones (excluding diaryl/α,β-unsaturated/α-hetero) is 1. The van der Waals surface area contributed by atoms with Crippen LogP contribution in [0.25, 0.3) is 0 Å². The maximum Gasteiger partial charge on any atom is 0.319 e. The Morgan fingerprint density at radius 2 is 1.92 bits per heavy atom. The van der Waals surface area contributed by atoms with Crippen molar-refractivity contribution in [2.75, 3.05) is 7.11 Å². The predicted octanol–water partition coefficient (Wildman–Crippen LogP) is 1.55. The first-order valence-electron chi connectivity index (χ1n) is 4.48. The van der Waals surface area contributed by atoms with Crippen molar-refractivity contribution in [2.45, 2.75) is 33.6 Å². The van der Waals surface area contributed by atoms with Crippen LogP contribution < -0.4 is 0 Å². The zero-order valence-electron chi connectivity index (χ0n) is 8.64. The summed E-state index contributed by atoms with van der Waals surface area (Å²) in [6, 6.07) is 0. The molecule has 0 amide bonds. The Kier molecular flexibility index (Phi) is 2.22. The number of carbonyl (C=O) groups is 2. The van der Waals surface area contributed by atoms with E-state index in [2.05, 4.69) is 4.74 Å². The molecule has 1 rings (SSSR count). The fraction of sp³-hybridized carbons (Fsp3) is 0.800. The largest absolute Gasteiger partial charge is 0.468 e. The number of carbonyl (C=O) groups excluding carboxylic acids is 2. The van der Waals surface area contributed by atoms with Crippen LogP contribution in [0.1, 0.15) is 33.6 Å². The van der Waals surface area contributed by atoms with Crippen LogP contribution in [0.5, 0.6) is 0 Å². The molecule has 3 heteroatoms. The van der Waals surface area contributed by atoms with E-state index < -0.39 is 11.4 Å². The summed E-state index contributed by atoms with van der Waals surface area (Å²) < 4.78 is 4.68. The smallest absolute Gasteiger partial charge is 0.319 e. The predicted molar refractivity (Wildman–Crippen MR) is 48.1 cm³/mol. The quantitative estimate of drug-likeness (QED) is 0.458. The van der Waals surface area contributed by atoms with Gasteiger partial charge in [-0.3, -0.25) is 9.59 Å². The van der Waals surface area contributed by atoms with Gasteiger partial charge < -0.3 is 4.74 Å². The Labute approximate surface area is 78.5 Å². The highest BCUT2D eigenvalue weighted by molar-refractivity contribution is 6.05. The SMILES string of the molecule is COC(=O)C1(C)C(=O)CCC1(C)C. The average Bonchev–Trinajstić information content (AvgIpc) is 2.29. The lowest BCUT2D eigenvalue weighted by Crippen LogP contribution is -2.43. The number of hydrogen-bond acceptors (Lipinski definition) is 3. The molecule has 0 bridgehead atoms. The lowest BCUT2D eigenvalue weighted by Gasteiger charge is -2.33. The van der Waals surface area contributed by atoms with Crippen LogP contribution in [0, 0.1) is 10.8 Å². The summed E-state index contributed by atoms with van der Waals surface area (Å²) in [5.41, 5.74) is -1.22. The monoisotopic (exact) mass is 184 g/mol. The Balaban J connectivity index is 3.10. The zero-order chi connectivity index (χ0) is 10.3. The minimum atomic E-state index is -0.943. The highest BCUT2D eigenvalue weighted by Crippen LogP contribution is 2.50. The van der Waals surface area contributed by atoms with Crippen LogP contribution in [-0.4, -0.2) is 18.9 Å². The highest BCUT2D eigenvalue weighted by Gasteiger charge is 2.57. The van der Waals surface area contributed by atoms with Crippen LogP contribution in [0.4, 0.5) is 0 Å². The summed E-state index contributed by atoms with van der Waals surface area (Å²) in [6.07, 6.45) is 1.25. The van der Waals surface area contributed by atoms with Crippen molar-refractivity contribution in [3.8, 4) is 0 Å². The Morgan fingerprint density at radius 1 is 1.38 bits per heavy atom. The van der Waals surface area contributed by atoms with Crippen molar-refractivity contribution in [1.29, 1.82) is 0 Å². The molecule has 0 N–H and O–H groups in total. The standard InChI is InChI=1S/C10H16O3/c1-9(2)6-5-7(11)10(9,3)8(12)13-4/h5-6H2,1-4H3. The molecule has 13 heavy (non-hydrogen) atoms. The lowest BCUT2D eigenvalue weighted by atomic mass is 9.69. The zero-order valence-corrected chi connectivity index (χ0v) is 8.64. The Hall–Kier alpha value is -0.860. The molecular weight excluding hydrogens is 168 g/mol. The molecular formula is C10H16O3. The first kappa shape index (κ1) is 10.2.